The summed E-state index contributed by atoms with van der Waals surface area (Å²) in [5.41, 5.74) is 3.12. The lowest BCUT2D eigenvalue weighted by molar-refractivity contribution is -0.0665. The average molecular weight is 336 g/mol. The summed E-state index contributed by atoms with van der Waals surface area (Å²) in [7, 11) is 0.0403. The predicted molar refractivity (Wildman–Crippen MR) is 84.2 cm³/mol. The Morgan fingerprint density at radius 3 is 2.36 bits per heavy atom. The van der Waals surface area contributed by atoms with Crippen molar-refractivity contribution in [2.75, 3.05) is 33.7 Å². The minimum Gasteiger partial charge on any atom is -0.463 e. The first-order chi connectivity index (χ1) is 10.3. The Balaban J connectivity index is 4.43. The first kappa shape index (κ1) is 21.1. The number of hydrogen-bond acceptors (Lipinski definition) is 4. The van der Waals surface area contributed by atoms with Gasteiger partial charge < -0.3 is 18.9 Å². The molecule has 1 atom stereocenters. The summed E-state index contributed by atoms with van der Waals surface area (Å²) < 4.78 is 46.1. The van der Waals surface area contributed by atoms with Gasteiger partial charge in [0.1, 0.15) is 20.8 Å². The summed E-state index contributed by atoms with van der Waals surface area (Å²) >= 11 is 0. The van der Waals surface area contributed by atoms with Crippen LogP contribution in [0.2, 0.25) is 19.6 Å². The second-order valence-electron chi connectivity index (χ2n) is 5.55. The summed E-state index contributed by atoms with van der Waals surface area (Å²) in [6.45, 7) is 8.54. The van der Waals surface area contributed by atoms with Crippen LogP contribution in [0.5, 0.6) is 0 Å². The van der Waals surface area contributed by atoms with Gasteiger partial charge in [0.15, 0.2) is 12.6 Å². The standard InChI is InChI=1S/C15H26F2O4Si/c1-6-13(20-8-7-11-22(3,4)5)14(15(16)17)21-12-19-10-9-18-2/h13H,6,8-10,12H2,1-5H3. The number of hydrogen-bond donors (Lipinski definition) is 0. The van der Waals surface area contributed by atoms with Crippen molar-refractivity contribution in [1.29, 1.82) is 0 Å². The zero-order chi connectivity index (χ0) is 17.0. The molecule has 0 heterocycles. The Bertz CT molecular complexity index is 393. The van der Waals surface area contributed by atoms with Crippen LogP contribution in [0.3, 0.4) is 0 Å². The third kappa shape index (κ3) is 10.7. The van der Waals surface area contributed by atoms with Gasteiger partial charge in [-0.3, -0.25) is 0 Å². The SMILES string of the molecule is CCC(OCC#C[Si](C)(C)C)C(OCOCCOC)=C(F)F. The van der Waals surface area contributed by atoms with Crippen LogP contribution in [0, 0.1) is 11.5 Å². The summed E-state index contributed by atoms with van der Waals surface area (Å²) in [5, 5.41) is 0. The molecule has 0 aliphatic rings. The van der Waals surface area contributed by atoms with Gasteiger partial charge in [0.2, 0.25) is 0 Å². The minimum absolute atomic E-state index is 0.105. The Morgan fingerprint density at radius 2 is 1.86 bits per heavy atom. The van der Waals surface area contributed by atoms with Crippen LogP contribution in [-0.4, -0.2) is 47.9 Å². The largest absolute Gasteiger partial charge is 0.463 e. The lowest BCUT2D eigenvalue weighted by Gasteiger charge is -2.18. The Labute approximate surface area is 132 Å². The van der Waals surface area contributed by atoms with Crippen LogP contribution >= 0.6 is 0 Å². The Hall–Kier alpha value is -0.943. The molecule has 4 nitrogen and oxygen atoms in total. The van der Waals surface area contributed by atoms with E-state index in [1.54, 1.807) is 6.92 Å². The summed E-state index contributed by atoms with van der Waals surface area (Å²) in [6.07, 6.45) is -2.37. The first-order valence-corrected chi connectivity index (χ1v) is 10.7. The third-order valence-corrected chi connectivity index (χ3v) is 3.33. The van der Waals surface area contributed by atoms with Crippen LogP contribution in [0.4, 0.5) is 8.78 Å². The van der Waals surface area contributed by atoms with Gasteiger partial charge in [-0.05, 0) is 6.42 Å². The van der Waals surface area contributed by atoms with E-state index in [1.807, 2.05) is 0 Å². The molecule has 0 aromatic heterocycles. The molecule has 7 heteroatoms. The molecule has 0 radical (unpaired) electrons. The van der Waals surface area contributed by atoms with Crippen molar-refractivity contribution >= 4 is 8.07 Å². The van der Waals surface area contributed by atoms with Crippen molar-refractivity contribution in [2.45, 2.75) is 39.1 Å². The molecule has 0 rings (SSSR count). The topological polar surface area (TPSA) is 36.9 Å². The van der Waals surface area contributed by atoms with Crippen molar-refractivity contribution in [3.8, 4) is 11.5 Å². The van der Waals surface area contributed by atoms with Gasteiger partial charge >= 0.3 is 6.08 Å². The van der Waals surface area contributed by atoms with Crippen LogP contribution in [0.25, 0.3) is 0 Å². The number of ether oxygens (including phenoxy) is 4. The molecule has 128 valence electrons. The maximum Gasteiger partial charge on any atom is 0.310 e. The summed E-state index contributed by atoms with van der Waals surface area (Å²) in [4.78, 5) is 0. The van der Waals surface area contributed by atoms with Gasteiger partial charge in [-0.15, -0.1) is 5.54 Å². The zero-order valence-electron chi connectivity index (χ0n) is 14.0. The van der Waals surface area contributed by atoms with Crippen molar-refractivity contribution in [3.63, 3.8) is 0 Å². The lowest BCUT2D eigenvalue weighted by Crippen LogP contribution is -2.20. The van der Waals surface area contributed by atoms with E-state index < -0.39 is 26.0 Å². The molecule has 0 aromatic carbocycles. The number of methoxy groups -OCH3 is 1. The predicted octanol–water partition coefficient (Wildman–Crippen LogP) is 3.41. The molecular weight excluding hydrogens is 310 g/mol. The van der Waals surface area contributed by atoms with Crippen molar-refractivity contribution in [3.05, 3.63) is 11.8 Å². The van der Waals surface area contributed by atoms with E-state index in [0.717, 1.165) is 0 Å². The fourth-order valence-corrected chi connectivity index (χ4v) is 2.00. The molecule has 1 unspecified atom stereocenters. The van der Waals surface area contributed by atoms with Crippen molar-refractivity contribution in [1.82, 2.24) is 0 Å². The Morgan fingerprint density at radius 1 is 1.18 bits per heavy atom. The van der Waals surface area contributed by atoms with Gasteiger partial charge in [-0.25, -0.2) is 0 Å². The first-order valence-electron chi connectivity index (χ1n) is 7.18. The second kappa shape index (κ2) is 11.6. The molecule has 0 saturated carbocycles. The van der Waals surface area contributed by atoms with Crippen LogP contribution in [0.1, 0.15) is 13.3 Å². The highest BCUT2D eigenvalue weighted by molar-refractivity contribution is 6.83. The van der Waals surface area contributed by atoms with E-state index in [4.69, 9.17) is 18.9 Å². The van der Waals surface area contributed by atoms with E-state index in [-0.39, 0.29) is 20.0 Å². The second-order valence-corrected chi connectivity index (χ2v) is 10.3. The molecular formula is C15H26F2O4Si. The molecule has 0 amide bonds. The lowest BCUT2D eigenvalue weighted by atomic mass is 10.2. The van der Waals surface area contributed by atoms with E-state index >= 15 is 0 Å². The van der Waals surface area contributed by atoms with Crippen molar-refractivity contribution < 1.29 is 27.7 Å². The molecule has 22 heavy (non-hydrogen) atoms. The molecule has 0 saturated heterocycles. The molecule has 0 aliphatic heterocycles. The highest BCUT2D eigenvalue weighted by atomic mass is 28.3. The molecule has 0 fully saturated rings. The van der Waals surface area contributed by atoms with Crippen LogP contribution < -0.4 is 0 Å². The van der Waals surface area contributed by atoms with Gasteiger partial charge in [-0.1, -0.05) is 32.5 Å². The van der Waals surface area contributed by atoms with Gasteiger partial charge in [-0.2, -0.15) is 8.78 Å². The fourth-order valence-electron chi connectivity index (χ4n) is 1.40. The quantitative estimate of drug-likeness (QED) is 0.201. The van der Waals surface area contributed by atoms with E-state index in [9.17, 15) is 8.78 Å². The van der Waals surface area contributed by atoms with Crippen molar-refractivity contribution in [2.24, 2.45) is 0 Å². The van der Waals surface area contributed by atoms with Gasteiger partial charge in [0.25, 0.3) is 0 Å². The molecule has 0 spiro atoms. The van der Waals surface area contributed by atoms with Crippen LogP contribution in [-0.2, 0) is 18.9 Å². The molecule has 0 aromatic rings. The average Bonchev–Trinajstić information content (AvgIpc) is 2.42. The molecule has 0 aliphatic carbocycles. The zero-order valence-corrected chi connectivity index (χ0v) is 15.0. The monoisotopic (exact) mass is 336 g/mol. The number of rotatable bonds is 10. The summed E-state index contributed by atoms with van der Waals surface area (Å²) in [5.74, 6) is 2.40. The molecule has 0 N–H and O–H groups in total. The third-order valence-electron chi connectivity index (χ3n) is 2.40. The van der Waals surface area contributed by atoms with E-state index in [1.165, 1.54) is 7.11 Å². The van der Waals surface area contributed by atoms with Gasteiger partial charge in [0, 0.05) is 7.11 Å². The molecule has 0 bridgehead atoms. The normalized spacial score (nSPS) is 12.3. The number of halogens is 2. The van der Waals surface area contributed by atoms with Gasteiger partial charge in [0.05, 0.1) is 13.2 Å². The summed E-state index contributed by atoms with van der Waals surface area (Å²) in [6, 6.07) is 0. The van der Waals surface area contributed by atoms with E-state index in [0.29, 0.717) is 13.0 Å². The highest BCUT2D eigenvalue weighted by Gasteiger charge is 2.20. The fraction of sp³-hybridized carbons (Fsp3) is 0.733. The Kier molecular flexibility index (Phi) is 11.1. The van der Waals surface area contributed by atoms with Crippen LogP contribution in [0.15, 0.2) is 11.8 Å². The maximum absolute atomic E-state index is 13.0. The minimum atomic E-state index is -1.90. The highest BCUT2D eigenvalue weighted by Crippen LogP contribution is 2.19. The van der Waals surface area contributed by atoms with E-state index in [2.05, 4.69) is 31.1 Å². The smallest absolute Gasteiger partial charge is 0.310 e. The maximum atomic E-state index is 13.0.